The summed E-state index contributed by atoms with van der Waals surface area (Å²) in [6, 6.07) is 0. The maximum atomic E-state index is 10.8. The minimum atomic E-state index is -1.08. The standard InChI is InChI=1S/C9H10O4.C4H9N.C2H5.ClH.Hg/c1-9(8(12)13)4-2-3-6(5-9)7(10)11;1-2-4-5-3-1;1-2;;/h2-4H,5H2,1H3,(H,10,11)(H,12,13);5H,1-4H2;1H2,2H3;1H;/q;;;;+1/p-1. The van der Waals surface area contributed by atoms with Crippen LogP contribution in [0.3, 0.4) is 0 Å². The Bertz CT molecular complexity index is 412. The van der Waals surface area contributed by atoms with E-state index in [1.54, 1.807) is 0 Å². The summed E-state index contributed by atoms with van der Waals surface area (Å²) < 4.78 is 1.31. The molecule has 1 aliphatic heterocycles. The summed E-state index contributed by atoms with van der Waals surface area (Å²) in [5.41, 5.74) is -0.949. The molecule has 0 radical (unpaired) electrons. The van der Waals surface area contributed by atoms with Gasteiger partial charge in [0.05, 0.1) is 5.41 Å². The van der Waals surface area contributed by atoms with Crippen LogP contribution >= 0.6 is 8.25 Å². The Morgan fingerprint density at radius 2 is 1.91 bits per heavy atom. The first kappa shape index (κ1) is 21.6. The van der Waals surface area contributed by atoms with Crippen molar-refractivity contribution in [2.24, 2.45) is 5.41 Å². The molecule has 0 aromatic rings. The van der Waals surface area contributed by atoms with Crippen LogP contribution < -0.4 is 5.32 Å². The van der Waals surface area contributed by atoms with Crippen molar-refractivity contribution >= 4 is 20.2 Å². The molecule has 22 heavy (non-hydrogen) atoms. The Morgan fingerprint density at radius 3 is 2.23 bits per heavy atom. The van der Waals surface area contributed by atoms with E-state index in [9.17, 15) is 9.59 Å². The molecule has 1 unspecified atom stereocenters. The van der Waals surface area contributed by atoms with Crippen LogP contribution in [-0.4, -0.2) is 35.2 Å². The molecule has 0 bridgehead atoms. The summed E-state index contributed by atoms with van der Waals surface area (Å²) in [5, 5.41) is 20.7. The molecule has 1 atom stereocenters. The summed E-state index contributed by atoms with van der Waals surface area (Å²) in [4.78, 5) is 21.3. The molecule has 1 aliphatic carbocycles. The monoisotopic (exact) mass is 519 g/mol. The van der Waals surface area contributed by atoms with E-state index in [2.05, 4.69) is 12.2 Å². The molecule has 2 aliphatic rings. The van der Waals surface area contributed by atoms with Gasteiger partial charge in [-0.25, -0.2) is 4.79 Å². The average molecular weight is 518 g/mol. The van der Waals surface area contributed by atoms with Crippen molar-refractivity contribution in [3.05, 3.63) is 23.8 Å². The fourth-order valence-electron chi connectivity index (χ4n) is 1.81. The van der Waals surface area contributed by atoms with Gasteiger partial charge in [-0.05, 0) is 39.3 Å². The zero-order chi connectivity index (χ0) is 17.0. The first-order valence-electron chi connectivity index (χ1n) is 7.49. The number of carbonyl (C=O) groups is 2. The number of halogens is 1. The van der Waals surface area contributed by atoms with Gasteiger partial charge in [0.1, 0.15) is 0 Å². The Hall–Kier alpha value is -0.395. The Labute approximate surface area is 147 Å². The molecule has 1 heterocycles. The van der Waals surface area contributed by atoms with Crippen LogP contribution in [-0.2, 0) is 32.9 Å². The van der Waals surface area contributed by atoms with Crippen LogP contribution in [0.1, 0.15) is 33.1 Å². The zero-order valence-corrected chi connectivity index (χ0v) is 19.5. The summed E-state index contributed by atoms with van der Waals surface area (Å²) in [5.74, 6) is -2.06. The van der Waals surface area contributed by atoms with Crippen LogP contribution in [0.4, 0.5) is 0 Å². The van der Waals surface area contributed by atoms with E-state index in [0.717, 1.165) is 0 Å². The van der Waals surface area contributed by atoms with Crippen molar-refractivity contribution < 1.29 is 43.1 Å². The quantitative estimate of drug-likeness (QED) is 0.501. The number of rotatable bonds is 3. The van der Waals surface area contributed by atoms with E-state index in [1.165, 1.54) is 55.0 Å². The third-order valence-corrected chi connectivity index (χ3v) is 8.01. The molecule has 122 valence electrons. The number of hydrogen-bond acceptors (Lipinski definition) is 3. The van der Waals surface area contributed by atoms with Crippen LogP contribution in [0.25, 0.3) is 0 Å². The van der Waals surface area contributed by atoms with Crippen molar-refractivity contribution in [1.82, 2.24) is 5.32 Å². The molecule has 5 nitrogen and oxygen atoms in total. The average Bonchev–Trinajstić information content (AvgIpc) is 3.07. The second-order valence-electron chi connectivity index (χ2n) is 5.40. The van der Waals surface area contributed by atoms with E-state index < -0.39 is 40.7 Å². The number of carboxylic acid groups (broad SMARTS) is 2. The number of carboxylic acids is 2. The number of hydrogen-bond donors (Lipinski definition) is 3. The Morgan fingerprint density at radius 1 is 1.36 bits per heavy atom. The van der Waals surface area contributed by atoms with Gasteiger partial charge in [0.25, 0.3) is 0 Å². The zero-order valence-electron chi connectivity index (χ0n) is 13.3. The minimum absolute atomic E-state index is 0.0359. The van der Waals surface area contributed by atoms with E-state index in [4.69, 9.17) is 18.5 Å². The molecule has 0 saturated carbocycles. The van der Waals surface area contributed by atoms with Crippen LogP contribution in [0.5, 0.6) is 0 Å². The topological polar surface area (TPSA) is 86.6 Å². The first-order valence-corrected chi connectivity index (χ1v) is 18.1. The van der Waals surface area contributed by atoms with Crippen LogP contribution in [0.2, 0.25) is 3.93 Å². The van der Waals surface area contributed by atoms with Gasteiger partial charge in [-0.3, -0.25) is 4.79 Å². The van der Waals surface area contributed by atoms with E-state index >= 15 is 0 Å². The van der Waals surface area contributed by atoms with Gasteiger partial charge in [-0.15, -0.1) is 0 Å². The van der Waals surface area contributed by atoms with Gasteiger partial charge in [0.2, 0.25) is 0 Å². The molecule has 1 fully saturated rings. The van der Waals surface area contributed by atoms with Crippen molar-refractivity contribution in [3.63, 3.8) is 0 Å². The van der Waals surface area contributed by atoms with Crippen LogP contribution in [0, 0.1) is 5.41 Å². The van der Waals surface area contributed by atoms with Gasteiger partial charge in [-0.2, -0.15) is 0 Å². The normalized spacial score (nSPS) is 22.2. The van der Waals surface area contributed by atoms with E-state index in [-0.39, 0.29) is 12.0 Å². The van der Waals surface area contributed by atoms with Gasteiger partial charge < -0.3 is 15.5 Å². The SMILES string of the molecule is C1CCNC1.CC1(C(=O)O)C=CC=C(C(=O)O)C1.C[CH2][Hg][Cl]. The molecule has 0 spiro atoms. The van der Waals surface area contributed by atoms with Crippen molar-refractivity contribution in [1.29, 1.82) is 0 Å². The van der Waals surface area contributed by atoms with Gasteiger partial charge in [0.15, 0.2) is 0 Å². The van der Waals surface area contributed by atoms with Crippen molar-refractivity contribution in [2.75, 3.05) is 13.1 Å². The predicted molar refractivity (Wildman–Crippen MR) is 83.7 cm³/mol. The molecule has 1 saturated heterocycles. The molecule has 7 heteroatoms. The second kappa shape index (κ2) is 12.1. The van der Waals surface area contributed by atoms with Gasteiger partial charge >= 0.3 is 54.4 Å². The third-order valence-electron chi connectivity index (χ3n) is 3.23. The van der Waals surface area contributed by atoms with Gasteiger partial charge in [-0.1, -0.05) is 18.2 Å². The molecule has 0 amide bonds. The number of aliphatic carboxylic acids is 2. The molecule has 3 N–H and O–H groups in total. The fourth-order valence-corrected chi connectivity index (χ4v) is 1.81. The van der Waals surface area contributed by atoms with Crippen molar-refractivity contribution in [2.45, 2.75) is 37.0 Å². The summed E-state index contributed by atoms with van der Waals surface area (Å²) in [7, 11) is 5.41. The Balaban J connectivity index is 0.000000400. The summed E-state index contributed by atoms with van der Waals surface area (Å²) in [6.07, 6.45) is 7.21. The maximum absolute atomic E-state index is 10.8. The summed E-state index contributed by atoms with van der Waals surface area (Å²) >= 11 is -0.640. The molecule has 2 rings (SSSR count). The van der Waals surface area contributed by atoms with E-state index in [1.807, 2.05) is 0 Å². The number of allylic oxidation sites excluding steroid dienone is 2. The van der Waals surface area contributed by atoms with Gasteiger partial charge in [0, 0.05) is 5.57 Å². The third kappa shape index (κ3) is 8.91. The second-order valence-corrected chi connectivity index (χ2v) is 14.1. The first-order chi connectivity index (χ1) is 10.4. The predicted octanol–water partition coefficient (Wildman–Crippen LogP) is 3.08. The molecular formula is C15H24ClHgNO4. The Kier molecular flexibility index (Phi) is 11.9. The fraction of sp³-hybridized carbons (Fsp3) is 0.600. The van der Waals surface area contributed by atoms with Crippen molar-refractivity contribution in [3.8, 4) is 0 Å². The van der Waals surface area contributed by atoms with E-state index in [0.29, 0.717) is 0 Å². The summed E-state index contributed by atoms with van der Waals surface area (Å²) in [6.45, 7) is 6.15. The molecular weight excluding hydrogens is 494 g/mol. The van der Waals surface area contributed by atoms with Crippen LogP contribution in [0.15, 0.2) is 23.8 Å². The molecule has 0 aromatic carbocycles. The molecule has 0 aromatic heterocycles. The number of nitrogens with one attached hydrogen (secondary N) is 1.